The van der Waals surface area contributed by atoms with Gasteiger partial charge < -0.3 is 5.32 Å². The number of rotatable bonds is 7. The molecule has 0 atom stereocenters. The normalized spacial score (nSPS) is 10.8. The maximum Gasteiger partial charge on any atom is 0.294 e. The van der Waals surface area contributed by atoms with Crippen molar-refractivity contribution in [3.05, 3.63) is 29.8 Å². The molecule has 0 unspecified atom stereocenters. The van der Waals surface area contributed by atoms with Gasteiger partial charge in [-0.25, -0.2) is 0 Å². The average molecular weight is 301 g/mol. The van der Waals surface area contributed by atoms with E-state index in [9.17, 15) is 8.42 Å². The van der Waals surface area contributed by atoms with E-state index in [4.69, 9.17) is 4.55 Å². The first-order valence-electron chi connectivity index (χ1n) is 7.16. The van der Waals surface area contributed by atoms with E-state index >= 15 is 0 Å². The van der Waals surface area contributed by atoms with E-state index in [0.717, 1.165) is 5.56 Å². The second-order valence-corrected chi connectivity index (χ2v) is 6.17. The van der Waals surface area contributed by atoms with Gasteiger partial charge in [-0.05, 0) is 45.0 Å². The fraction of sp³-hybridized carbons (Fsp3) is 0.600. The Bertz CT molecular complexity index is 435. The van der Waals surface area contributed by atoms with Crippen LogP contribution in [0.4, 0.5) is 0 Å². The molecule has 5 heteroatoms. The molecule has 20 heavy (non-hydrogen) atoms. The van der Waals surface area contributed by atoms with Crippen LogP contribution >= 0.6 is 0 Å². The van der Waals surface area contributed by atoms with Gasteiger partial charge in [-0.1, -0.05) is 44.4 Å². The lowest BCUT2D eigenvalue weighted by atomic mass is 10.2. The molecule has 0 fully saturated rings. The Balaban J connectivity index is 0.000000370. The lowest BCUT2D eigenvalue weighted by Gasteiger charge is -1.99. The molecule has 2 N–H and O–H groups in total. The van der Waals surface area contributed by atoms with Gasteiger partial charge in [-0.3, -0.25) is 4.55 Å². The third kappa shape index (κ3) is 9.95. The summed E-state index contributed by atoms with van der Waals surface area (Å²) >= 11 is 0. The summed E-state index contributed by atoms with van der Waals surface area (Å²) in [5.74, 6) is 0. The Labute approximate surface area is 123 Å². The molecule has 4 nitrogen and oxygen atoms in total. The molecule has 0 aromatic heterocycles. The number of benzene rings is 1. The molecule has 0 saturated heterocycles. The second kappa shape index (κ2) is 10.8. The minimum absolute atomic E-state index is 0.0666. The van der Waals surface area contributed by atoms with Crippen LogP contribution in [0.15, 0.2) is 29.2 Å². The van der Waals surface area contributed by atoms with Crippen molar-refractivity contribution in [2.24, 2.45) is 0 Å². The Morgan fingerprint density at radius 2 is 1.45 bits per heavy atom. The zero-order chi connectivity index (χ0) is 15.4. The second-order valence-electron chi connectivity index (χ2n) is 4.75. The lowest BCUT2D eigenvalue weighted by Crippen LogP contribution is -2.15. The third-order valence-corrected chi connectivity index (χ3v) is 3.60. The molecule has 0 radical (unpaired) electrons. The molecule has 0 aliphatic carbocycles. The largest absolute Gasteiger partial charge is 0.317 e. The quantitative estimate of drug-likeness (QED) is 0.598. The molecule has 1 rings (SSSR count). The Hall–Kier alpha value is -0.910. The molecule has 0 spiro atoms. The van der Waals surface area contributed by atoms with E-state index < -0.39 is 10.1 Å². The summed E-state index contributed by atoms with van der Waals surface area (Å²) in [7, 11) is -4.02. The van der Waals surface area contributed by atoms with Gasteiger partial charge in [0, 0.05) is 0 Å². The molecule has 1 aromatic rings. The molecule has 0 saturated carbocycles. The van der Waals surface area contributed by atoms with Gasteiger partial charge in [0.15, 0.2) is 0 Å². The van der Waals surface area contributed by atoms with Crippen molar-refractivity contribution < 1.29 is 13.0 Å². The first-order chi connectivity index (χ1) is 9.41. The van der Waals surface area contributed by atoms with E-state index in [-0.39, 0.29) is 4.90 Å². The fourth-order valence-electron chi connectivity index (χ4n) is 1.44. The fourth-order valence-corrected chi connectivity index (χ4v) is 1.92. The molecule has 0 bridgehead atoms. The van der Waals surface area contributed by atoms with Gasteiger partial charge in [0.25, 0.3) is 10.1 Å². The van der Waals surface area contributed by atoms with Crippen LogP contribution in [0.25, 0.3) is 0 Å². The van der Waals surface area contributed by atoms with Crippen LogP contribution < -0.4 is 5.32 Å². The minimum Gasteiger partial charge on any atom is -0.317 e. The summed E-state index contributed by atoms with van der Waals surface area (Å²) in [6.45, 7) is 8.70. The SMILES string of the molecule is CCCCNCCCC.Cc1ccc(S(=O)(=O)O)cc1. The number of aryl methyl sites for hydroxylation is 1. The number of hydrogen-bond acceptors (Lipinski definition) is 3. The van der Waals surface area contributed by atoms with Crippen LogP contribution in [0.2, 0.25) is 0 Å². The highest BCUT2D eigenvalue weighted by Crippen LogP contribution is 2.08. The van der Waals surface area contributed by atoms with Gasteiger partial charge >= 0.3 is 0 Å². The van der Waals surface area contributed by atoms with Crippen LogP contribution in [-0.2, 0) is 10.1 Å². The Kier molecular flexibility index (Phi) is 10.3. The number of nitrogens with one attached hydrogen (secondary N) is 1. The standard InChI is InChI=1S/C8H19N.C7H8O3S/c1-3-5-7-9-8-6-4-2;1-6-2-4-7(5-3-6)11(8,9)10/h9H,3-8H2,1-2H3;2-5H,1H3,(H,8,9,10). The van der Waals surface area contributed by atoms with Crippen LogP contribution in [0.1, 0.15) is 45.1 Å². The molecule has 0 aliphatic heterocycles. The highest BCUT2D eigenvalue weighted by Gasteiger charge is 2.06. The van der Waals surface area contributed by atoms with Crippen molar-refractivity contribution in [2.45, 2.75) is 51.3 Å². The molecule has 0 aliphatic rings. The van der Waals surface area contributed by atoms with Gasteiger partial charge in [0.1, 0.15) is 0 Å². The molecule has 116 valence electrons. The van der Waals surface area contributed by atoms with E-state index in [1.54, 1.807) is 12.1 Å². The highest BCUT2D eigenvalue weighted by molar-refractivity contribution is 7.85. The minimum atomic E-state index is -4.02. The van der Waals surface area contributed by atoms with E-state index in [0.29, 0.717) is 0 Å². The Morgan fingerprint density at radius 1 is 1.00 bits per heavy atom. The van der Waals surface area contributed by atoms with Crippen molar-refractivity contribution in [1.29, 1.82) is 0 Å². The predicted octanol–water partition coefficient (Wildman–Crippen LogP) is 3.42. The molecule has 0 amide bonds. The van der Waals surface area contributed by atoms with E-state index in [1.165, 1.54) is 50.9 Å². The van der Waals surface area contributed by atoms with Crippen LogP contribution in [0, 0.1) is 6.92 Å². The first-order valence-corrected chi connectivity index (χ1v) is 8.60. The average Bonchev–Trinajstić information content (AvgIpc) is 2.39. The van der Waals surface area contributed by atoms with Gasteiger partial charge in [0.05, 0.1) is 4.90 Å². The van der Waals surface area contributed by atoms with Crippen LogP contribution in [-0.4, -0.2) is 26.1 Å². The topological polar surface area (TPSA) is 66.4 Å². The van der Waals surface area contributed by atoms with Crippen LogP contribution in [0.3, 0.4) is 0 Å². The molecular formula is C15H27NO3S. The Morgan fingerprint density at radius 3 is 1.80 bits per heavy atom. The first kappa shape index (κ1) is 19.1. The molecule has 0 heterocycles. The van der Waals surface area contributed by atoms with Crippen molar-refractivity contribution in [3.63, 3.8) is 0 Å². The third-order valence-electron chi connectivity index (χ3n) is 2.73. The summed E-state index contributed by atoms with van der Waals surface area (Å²) < 4.78 is 29.6. The summed E-state index contributed by atoms with van der Waals surface area (Å²) in [5, 5.41) is 3.39. The highest BCUT2D eigenvalue weighted by atomic mass is 32.2. The maximum absolute atomic E-state index is 10.5. The zero-order valence-electron chi connectivity index (χ0n) is 12.7. The maximum atomic E-state index is 10.5. The smallest absolute Gasteiger partial charge is 0.294 e. The summed E-state index contributed by atoms with van der Waals surface area (Å²) in [6, 6.07) is 5.99. The van der Waals surface area contributed by atoms with E-state index in [1.807, 2.05) is 6.92 Å². The summed E-state index contributed by atoms with van der Waals surface area (Å²) in [5.41, 5.74) is 0.956. The van der Waals surface area contributed by atoms with Gasteiger partial charge in [-0.2, -0.15) is 8.42 Å². The van der Waals surface area contributed by atoms with Crippen molar-refractivity contribution in [3.8, 4) is 0 Å². The summed E-state index contributed by atoms with van der Waals surface area (Å²) in [4.78, 5) is -0.0666. The van der Waals surface area contributed by atoms with Crippen molar-refractivity contribution in [2.75, 3.05) is 13.1 Å². The van der Waals surface area contributed by atoms with E-state index in [2.05, 4.69) is 19.2 Å². The van der Waals surface area contributed by atoms with Crippen molar-refractivity contribution >= 4 is 10.1 Å². The van der Waals surface area contributed by atoms with Gasteiger partial charge in [-0.15, -0.1) is 0 Å². The molecular weight excluding hydrogens is 274 g/mol. The predicted molar refractivity (Wildman–Crippen MR) is 83.7 cm³/mol. The number of unbranched alkanes of at least 4 members (excludes halogenated alkanes) is 2. The van der Waals surface area contributed by atoms with Crippen molar-refractivity contribution in [1.82, 2.24) is 5.32 Å². The zero-order valence-corrected chi connectivity index (χ0v) is 13.5. The lowest BCUT2D eigenvalue weighted by molar-refractivity contribution is 0.483. The molecule has 1 aromatic carbocycles. The number of hydrogen-bond donors (Lipinski definition) is 2. The summed E-state index contributed by atoms with van der Waals surface area (Å²) in [6.07, 6.45) is 5.26. The van der Waals surface area contributed by atoms with Gasteiger partial charge in [0.2, 0.25) is 0 Å². The monoisotopic (exact) mass is 301 g/mol. The van der Waals surface area contributed by atoms with Crippen LogP contribution in [0.5, 0.6) is 0 Å².